The van der Waals surface area contributed by atoms with Gasteiger partial charge in [0.15, 0.2) is 6.10 Å². The largest absolute Gasteiger partial charge is 0.457 e. The number of aromatic nitrogens is 1. The molecular formula is C23H27NO7. The Hall–Kier alpha value is -3.42. The van der Waals surface area contributed by atoms with Crippen molar-refractivity contribution < 1.29 is 33.4 Å². The molecule has 2 heterocycles. The van der Waals surface area contributed by atoms with Crippen LogP contribution in [-0.4, -0.2) is 35.0 Å². The Bertz CT molecular complexity index is 970. The zero-order valence-electron chi connectivity index (χ0n) is 18.4. The van der Waals surface area contributed by atoms with Crippen molar-refractivity contribution in [3.05, 3.63) is 58.5 Å². The van der Waals surface area contributed by atoms with Crippen LogP contribution in [0.25, 0.3) is 0 Å². The molecule has 31 heavy (non-hydrogen) atoms. The van der Waals surface area contributed by atoms with Crippen molar-refractivity contribution in [1.29, 1.82) is 0 Å². The number of hydrogen-bond donors (Lipinski definition) is 0. The number of nitrogens with zero attached hydrogens (tertiary/aromatic N) is 1. The van der Waals surface area contributed by atoms with Crippen LogP contribution in [-0.2, 0) is 35.2 Å². The van der Waals surface area contributed by atoms with Gasteiger partial charge in [0.05, 0.1) is 17.7 Å². The number of ether oxygens (including phenoxy) is 3. The molecule has 166 valence electrons. The Labute approximate surface area is 181 Å². The van der Waals surface area contributed by atoms with E-state index < -0.39 is 24.0 Å². The molecule has 0 spiro atoms. The lowest BCUT2D eigenvalue weighted by Crippen LogP contribution is -2.15. The summed E-state index contributed by atoms with van der Waals surface area (Å²) in [7, 11) is 0. The van der Waals surface area contributed by atoms with E-state index in [4.69, 9.17) is 14.2 Å². The molecular weight excluding hydrogens is 402 g/mol. The van der Waals surface area contributed by atoms with Crippen LogP contribution in [0.4, 0.5) is 0 Å². The van der Waals surface area contributed by atoms with Gasteiger partial charge in [-0.3, -0.25) is 9.36 Å². The Kier molecular flexibility index (Phi) is 8.13. The minimum atomic E-state index is -0.745. The second kappa shape index (κ2) is 10.6. The highest BCUT2D eigenvalue weighted by atomic mass is 16.6. The predicted molar refractivity (Wildman–Crippen MR) is 112 cm³/mol. The lowest BCUT2D eigenvalue weighted by atomic mass is 10.1. The van der Waals surface area contributed by atoms with Crippen LogP contribution in [0.15, 0.2) is 47.2 Å². The third kappa shape index (κ3) is 6.53. The molecule has 0 N–H and O–H groups in total. The summed E-state index contributed by atoms with van der Waals surface area (Å²) < 4.78 is 17.2. The highest BCUT2D eigenvalue weighted by Gasteiger charge is 2.34. The number of allylic oxidation sites excluding steroid dienone is 3. The third-order valence-corrected chi connectivity index (χ3v) is 4.36. The normalized spacial score (nSPS) is 15.1. The minimum Gasteiger partial charge on any atom is -0.457 e. The summed E-state index contributed by atoms with van der Waals surface area (Å²) in [4.78, 5) is 48.2. The van der Waals surface area contributed by atoms with Crippen LogP contribution in [0, 0.1) is 0 Å². The fourth-order valence-electron chi connectivity index (χ4n) is 2.97. The molecule has 1 aromatic rings. The van der Waals surface area contributed by atoms with E-state index in [9.17, 15) is 19.2 Å². The number of fused-ring (bicyclic) bond motifs is 1. The van der Waals surface area contributed by atoms with Gasteiger partial charge in [-0.1, -0.05) is 17.2 Å². The zero-order valence-corrected chi connectivity index (χ0v) is 18.4. The monoisotopic (exact) mass is 429 g/mol. The van der Waals surface area contributed by atoms with Gasteiger partial charge in [0, 0.05) is 23.9 Å². The van der Waals surface area contributed by atoms with Gasteiger partial charge in [-0.15, -0.1) is 0 Å². The van der Waals surface area contributed by atoms with Gasteiger partial charge in [0.1, 0.15) is 13.2 Å². The maximum atomic E-state index is 12.4. The Morgan fingerprint density at radius 2 is 1.71 bits per heavy atom. The number of carbonyl (C=O) groups is 4. The molecule has 0 saturated carbocycles. The standard InChI is InChI=1S/C23H27NO7/c1-6-16(12-29-20(26)9-14(2)3)23(28)30-13-17-7-8-24-19(25)11-18(22(17)24)31-21(27)10-15(4)5/h6-10,18H,11-13H2,1-5H3/t18-/m1/s1. The first-order valence-electron chi connectivity index (χ1n) is 9.85. The van der Waals surface area contributed by atoms with Gasteiger partial charge in [0.2, 0.25) is 5.91 Å². The van der Waals surface area contributed by atoms with E-state index in [1.165, 1.54) is 22.8 Å². The summed E-state index contributed by atoms with van der Waals surface area (Å²) in [6.07, 6.45) is 5.04. The average Bonchev–Trinajstić information content (AvgIpc) is 3.21. The van der Waals surface area contributed by atoms with Crippen molar-refractivity contribution in [3.63, 3.8) is 0 Å². The average molecular weight is 429 g/mol. The lowest BCUT2D eigenvalue weighted by molar-refractivity contribution is -0.145. The van der Waals surface area contributed by atoms with Gasteiger partial charge in [0.25, 0.3) is 0 Å². The first kappa shape index (κ1) is 23.9. The smallest absolute Gasteiger partial charge is 0.337 e. The molecule has 8 nitrogen and oxygen atoms in total. The van der Waals surface area contributed by atoms with E-state index in [1.54, 1.807) is 46.9 Å². The molecule has 0 fully saturated rings. The van der Waals surface area contributed by atoms with E-state index in [1.807, 2.05) is 0 Å². The number of rotatable bonds is 8. The van der Waals surface area contributed by atoms with Gasteiger partial charge >= 0.3 is 17.9 Å². The van der Waals surface area contributed by atoms with Gasteiger partial charge < -0.3 is 14.2 Å². The van der Waals surface area contributed by atoms with Gasteiger partial charge in [-0.05, 0) is 40.7 Å². The highest BCUT2D eigenvalue weighted by molar-refractivity contribution is 5.90. The first-order chi connectivity index (χ1) is 14.6. The number of hydrogen-bond acceptors (Lipinski definition) is 7. The quantitative estimate of drug-likeness (QED) is 0.354. The van der Waals surface area contributed by atoms with Crippen LogP contribution >= 0.6 is 0 Å². The topological polar surface area (TPSA) is 101 Å². The van der Waals surface area contributed by atoms with Crippen molar-refractivity contribution in [1.82, 2.24) is 4.57 Å². The molecule has 1 aliphatic heterocycles. The molecule has 2 rings (SSSR count). The zero-order chi connectivity index (χ0) is 23.1. The van der Waals surface area contributed by atoms with E-state index in [0.717, 1.165) is 11.1 Å². The van der Waals surface area contributed by atoms with Crippen molar-refractivity contribution >= 4 is 23.8 Å². The summed E-state index contributed by atoms with van der Waals surface area (Å²) in [5.41, 5.74) is 2.81. The molecule has 8 heteroatoms. The van der Waals surface area contributed by atoms with E-state index in [-0.39, 0.29) is 31.1 Å². The van der Waals surface area contributed by atoms with E-state index in [0.29, 0.717) is 11.3 Å². The number of esters is 3. The Balaban J connectivity index is 2.04. The molecule has 0 radical (unpaired) electrons. The van der Waals surface area contributed by atoms with Crippen LogP contribution in [0.5, 0.6) is 0 Å². The summed E-state index contributed by atoms with van der Waals surface area (Å²) >= 11 is 0. The fourth-order valence-corrected chi connectivity index (χ4v) is 2.97. The second-order valence-electron chi connectivity index (χ2n) is 7.56. The molecule has 1 atom stereocenters. The van der Waals surface area contributed by atoms with E-state index in [2.05, 4.69) is 0 Å². The lowest BCUT2D eigenvalue weighted by Gasteiger charge is -2.13. The summed E-state index contributed by atoms with van der Waals surface area (Å²) in [5, 5.41) is 0. The molecule has 0 bridgehead atoms. The second-order valence-corrected chi connectivity index (χ2v) is 7.56. The van der Waals surface area contributed by atoms with E-state index >= 15 is 0 Å². The van der Waals surface area contributed by atoms with Crippen LogP contribution in [0.2, 0.25) is 0 Å². The van der Waals surface area contributed by atoms with Gasteiger partial charge in [-0.25, -0.2) is 14.4 Å². The third-order valence-electron chi connectivity index (χ3n) is 4.36. The molecule has 0 saturated heterocycles. The maximum Gasteiger partial charge on any atom is 0.337 e. The van der Waals surface area contributed by atoms with Crippen LogP contribution in [0.1, 0.15) is 63.2 Å². The molecule has 0 aliphatic carbocycles. The minimum absolute atomic E-state index is 0.0277. The van der Waals surface area contributed by atoms with Crippen molar-refractivity contribution in [3.8, 4) is 0 Å². The predicted octanol–water partition coefficient (Wildman–Crippen LogP) is 3.58. The first-order valence-corrected chi connectivity index (χ1v) is 9.85. The summed E-state index contributed by atoms with van der Waals surface area (Å²) in [6, 6.07) is 1.64. The maximum absolute atomic E-state index is 12.4. The van der Waals surface area contributed by atoms with Crippen LogP contribution < -0.4 is 0 Å². The van der Waals surface area contributed by atoms with Crippen molar-refractivity contribution in [2.24, 2.45) is 0 Å². The van der Waals surface area contributed by atoms with Crippen molar-refractivity contribution in [2.75, 3.05) is 6.61 Å². The highest BCUT2D eigenvalue weighted by Crippen LogP contribution is 2.33. The number of carbonyl (C=O) groups excluding carboxylic acids is 4. The molecule has 0 aromatic carbocycles. The summed E-state index contributed by atoms with van der Waals surface area (Å²) in [6.45, 7) is 8.36. The molecule has 0 unspecified atom stereocenters. The van der Waals surface area contributed by atoms with Gasteiger partial charge in [-0.2, -0.15) is 0 Å². The molecule has 0 amide bonds. The fraction of sp³-hybridized carbons (Fsp3) is 0.391. The molecule has 1 aromatic heterocycles. The SMILES string of the molecule is CC=C(COC(=O)C=C(C)C)C(=O)OCc1ccn2c1[C@H](OC(=O)C=C(C)C)CC2=O. The van der Waals surface area contributed by atoms with Crippen LogP contribution in [0.3, 0.4) is 0 Å². The molecule has 1 aliphatic rings. The van der Waals surface area contributed by atoms with Crippen molar-refractivity contribution in [2.45, 2.75) is 53.8 Å². The Morgan fingerprint density at radius 1 is 1.06 bits per heavy atom. The Morgan fingerprint density at radius 3 is 2.32 bits per heavy atom. The summed E-state index contributed by atoms with van der Waals surface area (Å²) in [5.74, 6) is -1.93.